The molecular weight excluding hydrogens is 783 g/mol. The van der Waals surface area contributed by atoms with Crippen molar-refractivity contribution in [2.24, 2.45) is 0 Å². The van der Waals surface area contributed by atoms with Gasteiger partial charge >= 0.3 is 5.97 Å². The van der Waals surface area contributed by atoms with E-state index in [9.17, 15) is 5.11 Å². The molecule has 2 heterocycles. The van der Waals surface area contributed by atoms with Crippen LogP contribution < -0.4 is 9.47 Å². The Labute approximate surface area is 355 Å². The number of rotatable bonds is 19. The topological polar surface area (TPSA) is 103 Å². The number of ether oxygens (including phenoxy) is 7. The van der Waals surface area contributed by atoms with Gasteiger partial charge in [0.2, 0.25) is 5.88 Å². The van der Waals surface area contributed by atoms with Crippen molar-refractivity contribution in [3.63, 3.8) is 0 Å². The number of halogens is 2. The van der Waals surface area contributed by atoms with Crippen molar-refractivity contribution in [1.29, 1.82) is 0 Å². The van der Waals surface area contributed by atoms with E-state index < -0.39 is 42.0 Å². The first-order valence-corrected chi connectivity index (χ1v) is 20.4. The molecule has 5 atom stereocenters. The highest BCUT2D eigenvalue weighted by Gasteiger charge is 2.59. The maximum atomic E-state index is 15.5. The number of benzene rings is 5. The van der Waals surface area contributed by atoms with Crippen molar-refractivity contribution in [3.8, 4) is 11.6 Å². The standard InChI is InChI=1S/C49H52F2N2O8/c1-33(2)53-34(3)40(25-39-26-42(51)43(55-4)27-41(39)50)48(52-53)61-49(54)47(59-31-38-23-15-8-16-24-38)46(58-30-37-21-13-7-14-22-37)45(57-29-36-19-11-6-12-20-36)44(60-49)32-56-28-35-17-9-5-10-18-35/h5-24,26-27,33,44-47,54H,25,28-32H2,1-4H3/t44-,45-,46+,47-,49+/m1/s1. The summed E-state index contributed by atoms with van der Waals surface area (Å²) in [5.41, 5.74) is 4.60. The van der Waals surface area contributed by atoms with Crippen molar-refractivity contribution in [2.45, 2.75) is 90.1 Å². The van der Waals surface area contributed by atoms with Gasteiger partial charge in [-0.3, -0.25) is 4.68 Å². The highest BCUT2D eigenvalue weighted by molar-refractivity contribution is 5.40. The second kappa shape index (κ2) is 20.4. The van der Waals surface area contributed by atoms with E-state index >= 15 is 8.78 Å². The number of nitrogens with zero attached hydrogens (tertiary/aromatic N) is 2. The Morgan fingerprint density at radius 1 is 0.705 bits per heavy atom. The van der Waals surface area contributed by atoms with Gasteiger partial charge in [-0.1, -0.05) is 121 Å². The van der Waals surface area contributed by atoms with Gasteiger partial charge < -0.3 is 38.3 Å². The molecular formula is C49H52F2N2O8. The molecule has 0 radical (unpaired) electrons. The molecule has 1 aliphatic rings. The molecule has 0 aliphatic carbocycles. The Kier molecular flexibility index (Phi) is 14.6. The normalized spacial score (nSPS) is 20.2. The zero-order valence-electron chi connectivity index (χ0n) is 34.8. The predicted octanol–water partition coefficient (Wildman–Crippen LogP) is 9.05. The fraction of sp³-hybridized carbons (Fsp3) is 0.327. The summed E-state index contributed by atoms with van der Waals surface area (Å²) >= 11 is 0. The van der Waals surface area contributed by atoms with Crippen molar-refractivity contribution in [2.75, 3.05) is 13.7 Å². The van der Waals surface area contributed by atoms with Gasteiger partial charge in [0, 0.05) is 29.8 Å². The molecule has 6 aromatic rings. The van der Waals surface area contributed by atoms with E-state index in [4.69, 9.17) is 38.3 Å². The highest BCUT2D eigenvalue weighted by Crippen LogP contribution is 2.39. The molecule has 10 nitrogen and oxygen atoms in total. The molecule has 5 aromatic carbocycles. The SMILES string of the molecule is COc1cc(F)c(Cc2c(O[C@@]3(O)O[C@H](COCc4ccccc4)[C@@H](OCc4ccccc4)[C@H](OCc4ccccc4)[C@H]3OCc3ccccc3)nn(C(C)C)c2C)cc1F. The number of aliphatic hydroxyl groups is 1. The Hall–Kier alpha value is -5.47. The van der Waals surface area contributed by atoms with E-state index in [2.05, 4.69) is 0 Å². The smallest absolute Gasteiger partial charge is 0.356 e. The lowest BCUT2D eigenvalue weighted by molar-refractivity contribution is -0.436. The maximum absolute atomic E-state index is 15.5. The minimum Gasteiger partial charge on any atom is -0.494 e. The Morgan fingerprint density at radius 2 is 1.21 bits per heavy atom. The number of hydrogen-bond donors (Lipinski definition) is 1. The Balaban J connectivity index is 1.31. The highest BCUT2D eigenvalue weighted by atomic mass is 19.1. The van der Waals surface area contributed by atoms with Crippen molar-refractivity contribution in [3.05, 3.63) is 184 Å². The molecule has 1 fully saturated rings. The van der Waals surface area contributed by atoms with Gasteiger partial charge in [0.1, 0.15) is 24.1 Å². The molecule has 0 spiro atoms. The van der Waals surface area contributed by atoms with Gasteiger partial charge in [-0.2, -0.15) is 0 Å². The molecule has 0 unspecified atom stereocenters. The summed E-state index contributed by atoms with van der Waals surface area (Å²) in [5.74, 6) is -4.28. The fourth-order valence-corrected chi connectivity index (χ4v) is 7.40. The van der Waals surface area contributed by atoms with Gasteiger partial charge in [0.25, 0.3) is 0 Å². The third-order valence-corrected chi connectivity index (χ3v) is 10.6. The number of aromatic nitrogens is 2. The van der Waals surface area contributed by atoms with Gasteiger partial charge in [-0.25, -0.2) is 8.78 Å². The molecule has 0 bridgehead atoms. The summed E-state index contributed by atoms with van der Waals surface area (Å²) in [6.07, 6.45) is -4.38. The van der Waals surface area contributed by atoms with Crippen LogP contribution in [0.5, 0.6) is 11.6 Å². The molecule has 320 valence electrons. The van der Waals surface area contributed by atoms with Crippen LogP contribution >= 0.6 is 0 Å². The fourth-order valence-electron chi connectivity index (χ4n) is 7.40. The van der Waals surface area contributed by atoms with Crippen molar-refractivity contribution < 1.29 is 47.0 Å². The van der Waals surface area contributed by atoms with E-state index in [1.807, 2.05) is 142 Å². The molecule has 0 amide bonds. The second-order valence-corrected chi connectivity index (χ2v) is 15.3. The van der Waals surface area contributed by atoms with Crippen LogP contribution in [-0.2, 0) is 56.5 Å². The molecule has 0 saturated carbocycles. The maximum Gasteiger partial charge on any atom is 0.356 e. The lowest BCUT2D eigenvalue weighted by atomic mass is 9.96. The monoisotopic (exact) mass is 834 g/mol. The summed E-state index contributed by atoms with van der Waals surface area (Å²) in [6.45, 7) is 6.23. The van der Waals surface area contributed by atoms with Crippen LogP contribution in [0.3, 0.4) is 0 Å². The van der Waals surface area contributed by atoms with Crippen LogP contribution in [0.25, 0.3) is 0 Å². The molecule has 1 saturated heterocycles. The third-order valence-electron chi connectivity index (χ3n) is 10.6. The van der Waals surface area contributed by atoms with Crippen LogP contribution in [0.4, 0.5) is 8.78 Å². The van der Waals surface area contributed by atoms with Crippen LogP contribution in [-0.4, -0.2) is 59.0 Å². The van der Waals surface area contributed by atoms with Crippen LogP contribution in [0, 0.1) is 18.6 Å². The summed E-state index contributed by atoms with van der Waals surface area (Å²) in [6, 6.07) is 40.5. The average Bonchev–Trinajstić information content (AvgIpc) is 3.57. The molecule has 7 rings (SSSR count). The first-order valence-electron chi connectivity index (χ1n) is 20.4. The molecule has 1 N–H and O–H groups in total. The third kappa shape index (κ3) is 10.9. The minimum atomic E-state index is -2.59. The van der Waals surface area contributed by atoms with Crippen LogP contribution in [0.15, 0.2) is 133 Å². The van der Waals surface area contributed by atoms with Crippen LogP contribution in [0.2, 0.25) is 0 Å². The van der Waals surface area contributed by atoms with E-state index in [1.165, 1.54) is 7.11 Å². The Morgan fingerprint density at radius 3 is 1.74 bits per heavy atom. The van der Waals surface area contributed by atoms with Gasteiger partial charge in [0.05, 0.1) is 40.1 Å². The largest absolute Gasteiger partial charge is 0.494 e. The summed E-state index contributed by atoms with van der Waals surface area (Å²) in [5, 5.41) is 17.8. The lowest BCUT2D eigenvalue weighted by Crippen LogP contribution is -2.69. The average molecular weight is 835 g/mol. The summed E-state index contributed by atoms with van der Waals surface area (Å²) in [4.78, 5) is 0. The lowest BCUT2D eigenvalue weighted by Gasteiger charge is -2.49. The van der Waals surface area contributed by atoms with E-state index in [0.29, 0.717) is 11.3 Å². The van der Waals surface area contributed by atoms with E-state index in [1.54, 1.807) is 4.68 Å². The predicted molar refractivity (Wildman–Crippen MR) is 225 cm³/mol. The second-order valence-electron chi connectivity index (χ2n) is 15.3. The number of methoxy groups -OCH3 is 1. The first kappa shape index (κ1) is 43.6. The van der Waals surface area contributed by atoms with Gasteiger partial charge in [-0.15, -0.1) is 5.10 Å². The van der Waals surface area contributed by atoms with Crippen LogP contribution in [0.1, 0.15) is 59.0 Å². The molecule has 1 aromatic heterocycles. The Bertz CT molecular complexity index is 2280. The summed E-state index contributed by atoms with van der Waals surface area (Å²) in [7, 11) is 1.27. The summed E-state index contributed by atoms with van der Waals surface area (Å²) < 4.78 is 77.0. The van der Waals surface area contributed by atoms with Crippen molar-refractivity contribution >= 4 is 0 Å². The van der Waals surface area contributed by atoms with Crippen molar-refractivity contribution in [1.82, 2.24) is 9.78 Å². The first-order chi connectivity index (χ1) is 29.6. The molecule has 61 heavy (non-hydrogen) atoms. The molecule has 12 heteroatoms. The number of hydrogen-bond acceptors (Lipinski definition) is 9. The molecule has 1 aliphatic heterocycles. The van der Waals surface area contributed by atoms with Gasteiger partial charge in [0.15, 0.2) is 17.7 Å². The van der Waals surface area contributed by atoms with E-state index in [0.717, 1.165) is 34.4 Å². The zero-order chi connectivity index (χ0) is 42.8. The van der Waals surface area contributed by atoms with Gasteiger partial charge in [-0.05, 0) is 54.7 Å². The zero-order valence-corrected chi connectivity index (χ0v) is 34.8. The minimum absolute atomic E-state index is 0.0358. The quantitative estimate of drug-likeness (QED) is 0.0802. The van der Waals surface area contributed by atoms with E-state index in [-0.39, 0.29) is 62.7 Å².